The van der Waals surface area contributed by atoms with Gasteiger partial charge < -0.3 is 15.4 Å². The predicted molar refractivity (Wildman–Crippen MR) is 54.8 cm³/mol. The number of rotatable bonds is 5. The molecule has 0 fully saturated rings. The van der Waals surface area contributed by atoms with Gasteiger partial charge in [-0.1, -0.05) is 5.21 Å². The zero-order valence-corrected chi connectivity index (χ0v) is 9.29. The number of carbonyl (C=O) groups is 1. The molecule has 1 aromatic rings. The van der Waals surface area contributed by atoms with Crippen LogP contribution in [0.25, 0.3) is 0 Å². The highest BCUT2D eigenvalue weighted by atomic mass is 32.2. The molecule has 0 aromatic carbocycles. The van der Waals surface area contributed by atoms with Crippen molar-refractivity contribution in [3.8, 4) is 0 Å². The van der Waals surface area contributed by atoms with Crippen LogP contribution in [0.4, 0.5) is 0 Å². The van der Waals surface area contributed by atoms with Crippen LogP contribution < -0.4 is 5.73 Å². The minimum Gasteiger partial charge on any atom is -0.480 e. The van der Waals surface area contributed by atoms with Crippen LogP contribution in [0.2, 0.25) is 0 Å². The van der Waals surface area contributed by atoms with E-state index in [0.29, 0.717) is 0 Å². The van der Waals surface area contributed by atoms with E-state index in [9.17, 15) is 9.00 Å². The summed E-state index contributed by atoms with van der Waals surface area (Å²) in [6.45, 7) is 1.20. The number of nitrogens with zero attached hydrogens (tertiary/aromatic N) is 3. The molecule has 3 atom stereocenters. The van der Waals surface area contributed by atoms with E-state index < -0.39 is 27.8 Å². The summed E-state index contributed by atoms with van der Waals surface area (Å²) in [5.41, 5.74) is 5.40. The molecule has 0 aliphatic rings. The van der Waals surface area contributed by atoms with Crippen molar-refractivity contribution in [2.45, 2.75) is 24.3 Å². The van der Waals surface area contributed by atoms with Gasteiger partial charge in [0.2, 0.25) is 0 Å². The lowest BCUT2D eigenvalue weighted by atomic mass is 10.0. The van der Waals surface area contributed by atoms with Crippen molar-refractivity contribution >= 4 is 17.0 Å². The normalized spacial score (nSPS) is 18.7. The van der Waals surface area contributed by atoms with Crippen molar-refractivity contribution in [1.82, 2.24) is 15.0 Å². The summed E-state index contributed by atoms with van der Waals surface area (Å²) in [5.74, 6) is -1.34. The van der Waals surface area contributed by atoms with Crippen molar-refractivity contribution in [3.63, 3.8) is 0 Å². The van der Waals surface area contributed by atoms with E-state index in [1.54, 1.807) is 0 Å². The first-order valence-electron chi connectivity index (χ1n) is 4.31. The minimum absolute atomic E-state index is 0.108. The van der Waals surface area contributed by atoms with Crippen LogP contribution in [0, 0.1) is 0 Å². The molecule has 4 N–H and O–H groups in total. The standard InChI is InChI=1S/C7H12N4O4S/c1-7(16(14)15,5(8)6(12)13)4-11-3-2-9-10-11/h2-3,5H,4,8H2,1H3,(H,12,13)(H,14,15). The van der Waals surface area contributed by atoms with Crippen LogP contribution >= 0.6 is 0 Å². The largest absolute Gasteiger partial charge is 0.480 e. The Balaban J connectivity index is 2.97. The second kappa shape index (κ2) is 4.68. The van der Waals surface area contributed by atoms with Gasteiger partial charge >= 0.3 is 5.97 Å². The number of aliphatic carboxylic acids is 1. The molecule has 0 amide bonds. The van der Waals surface area contributed by atoms with Crippen molar-refractivity contribution in [3.05, 3.63) is 12.4 Å². The van der Waals surface area contributed by atoms with E-state index in [1.165, 1.54) is 24.0 Å². The summed E-state index contributed by atoms with van der Waals surface area (Å²) in [5, 5.41) is 15.9. The summed E-state index contributed by atoms with van der Waals surface area (Å²) < 4.78 is 20.1. The van der Waals surface area contributed by atoms with Gasteiger partial charge in [0, 0.05) is 6.20 Å². The highest BCUT2D eigenvalue weighted by Crippen LogP contribution is 2.19. The molecule has 0 aliphatic heterocycles. The number of aromatic nitrogens is 3. The van der Waals surface area contributed by atoms with E-state index >= 15 is 0 Å². The number of hydrogen-bond donors (Lipinski definition) is 3. The monoisotopic (exact) mass is 248 g/mol. The average molecular weight is 248 g/mol. The first-order chi connectivity index (χ1) is 7.38. The maximum absolute atomic E-state index is 11.2. The third-order valence-electron chi connectivity index (χ3n) is 2.27. The van der Waals surface area contributed by atoms with E-state index in [2.05, 4.69) is 10.3 Å². The Labute approximate surface area is 93.7 Å². The molecule has 0 saturated carbocycles. The second-order valence-corrected chi connectivity index (χ2v) is 4.91. The fourth-order valence-corrected chi connectivity index (χ4v) is 1.72. The van der Waals surface area contributed by atoms with Gasteiger partial charge in [0.15, 0.2) is 11.1 Å². The van der Waals surface area contributed by atoms with E-state index in [4.69, 9.17) is 15.4 Å². The summed E-state index contributed by atoms with van der Waals surface area (Å²) >= 11 is -2.40. The summed E-state index contributed by atoms with van der Waals surface area (Å²) in [6, 6.07) is -1.47. The Morgan fingerprint density at radius 2 is 2.38 bits per heavy atom. The molecule has 1 heterocycles. The van der Waals surface area contributed by atoms with Crippen LogP contribution in [0.3, 0.4) is 0 Å². The molecular formula is C7H12N4O4S. The molecule has 0 aliphatic carbocycles. The highest BCUT2D eigenvalue weighted by Gasteiger charge is 2.43. The van der Waals surface area contributed by atoms with Gasteiger partial charge in [-0.25, -0.2) is 4.21 Å². The van der Waals surface area contributed by atoms with Crippen LogP contribution in [0.1, 0.15) is 6.92 Å². The van der Waals surface area contributed by atoms with Gasteiger partial charge in [-0.3, -0.25) is 9.48 Å². The number of nitrogens with two attached hydrogens (primary N) is 1. The molecule has 1 rings (SSSR count). The topological polar surface area (TPSA) is 131 Å². The van der Waals surface area contributed by atoms with Gasteiger partial charge in [-0.15, -0.1) is 5.10 Å². The van der Waals surface area contributed by atoms with Gasteiger partial charge in [0.05, 0.1) is 12.7 Å². The Hall–Kier alpha value is -1.32. The van der Waals surface area contributed by atoms with Crippen molar-refractivity contribution in [2.75, 3.05) is 0 Å². The molecule has 16 heavy (non-hydrogen) atoms. The molecule has 0 bridgehead atoms. The first-order valence-corrected chi connectivity index (χ1v) is 5.42. The zero-order chi connectivity index (χ0) is 12.3. The third kappa shape index (κ3) is 2.43. The molecule has 0 radical (unpaired) electrons. The molecular weight excluding hydrogens is 236 g/mol. The lowest BCUT2D eigenvalue weighted by Gasteiger charge is -2.28. The molecule has 0 spiro atoms. The summed E-state index contributed by atoms with van der Waals surface area (Å²) in [7, 11) is 0. The molecule has 1 aromatic heterocycles. The molecule has 90 valence electrons. The fourth-order valence-electron chi connectivity index (χ4n) is 1.16. The number of hydrogen-bond acceptors (Lipinski definition) is 5. The lowest BCUT2D eigenvalue weighted by Crippen LogP contribution is -2.55. The fraction of sp³-hybridized carbons (Fsp3) is 0.571. The van der Waals surface area contributed by atoms with Crippen LogP contribution in [0.15, 0.2) is 12.4 Å². The van der Waals surface area contributed by atoms with Gasteiger partial charge in [0.25, 0.3) is 0 Å². The smallest absolute Gasteiger partial charge is 0.322 e. The molecule has 0 saturated heterocycles. The van der Waals surface area contributed by atoms with Gasteiger partial charge in [-0.2, -0.15) is 0 Å². The van der Waals surface area contributed by atoms with Crippen molar-refractivity contribution < 1.29 is 18.7 Å². The van der Waals surface area contributed by atoms with E-state index in [-0.39, 0.29) is 6.54 Å². The van der Waals surface area contributed by atoms with E-state index in [1.807, 2.05) is 0 Å². The Morgan fingerprint density at radius 3 is 2.75 bits per heavy atom. The van der Waals surface area contributed by atoms with Crippen LogP contribution in [-0.2, 0) is 22.4 Å². The van der Waals surface area contributed by atoms with Gasteiger partial charge in [0.1, 0.15) is 10.8 Å². The summed E-state index contributed by atoms with van der Waals surface area (Å²) in [6.07, 6.45) is 2.84. The van der Waals surface area contributed by atoms with Gasteiger partial charge in [-0.05, 0) is 6.92 Å². The van der Waals surface area contributed by atoms with E-state index in [0.717, 1.165) is 0 Å². The quantitative estimate of drug-likeness (QED) is 0.550. The highest BCUT2D eigenvalue weighted by molar-refractivity contribution is 7.80. The molecule has 3 unspecified atom stereocenters. The Morgan fingerprint density at radius 1 is 1.75 bits per heavy atom. The van der Waals surface area contributed by atoms with Crippen LogP contribution in [0.5, 0.6) is 0 Å². The summed E-state index contributed by atoms with van der Waals surface area (Å²) in [4.78, 5) is 10.8. The second-order valence-electron chi connectivity index (χ2n) is 3.48. The minimum atomic E-state index is -2.40. The zero-order valence-electron chi connectivity index (χ0n) is 8.48. The lowest BCUT2D eigenvalue weighted by molar-refractivity contribution is -0.139. The average Bonchev–Trinajstić information content (AvgIpc) is 2.68. The third-order valence-corrected chi connectivity index (χ3v) is 3.45. The molecule has 9 heteroatoms. The predicted octanol–water partition coefficient (Wildman–Crippen LogP) is -1.33. The maximum atomic E-state index is 11.2. The Kier molecular flexibility index (Phi) is 3.73. The number of carboxylic acids is 1. The van der Waals surface area contributed by atoms with Crippen LogP contribution in [-0.4, -0.2) is 45.6 Å². The van der Waals surface area contributed by atoms with Crippen molar-refractivity contribution in [2.24, 2.45) is 5.73 Å². The number of carboxylic acid groups (broad SMARTS) is 1. The Bertz CT molecular complexity index is 395. The van der Waals surface area contributed by atoms with Crippen molar-refractivity contribution in [1.29, 1.82) is 0 Å². The first kappa shape index (κ1) is 12.7. The molecule has 8 nitrogen and oxygen atoms in total. The SMILES string of the molecule is CC(Cn1ccnn1)(C(N)C(=O)O)S(=O)O. The maximum Gasteiger partial charge on any atom is 0.322 e.